The van der Waals surface area contributed by atoms with Gasteiger partial charge in [0.05, 0.1) is 19.1 Å². The van der Waals surface area contributed by atoms with Crippen LogP contribution in [0.2, 0.25) is 0 Å². The lowest BCUT2D eigenvalue weighted by molar-refractivity contribution is -0.142. The number of hydrogen-bond acceptors (Lipinski definition) is 4. The molecule has 0 radical (unpaired) electrons. The Kier molecular flexibility index (Phi) is 4.34. The third-order valence-electron chi connectivity index (χ3n) is 4.14. The molecule has 1 aromatic heterocycles. The van der Waals surface area contributed by atoms with Crippen LogP contribution in [0.15, 0.2) is 41.1 Å². The molecule has 1 aromatic carbocycles. The molecule has 0 aliphatic carbocycles. The van der Waals surface area contributed by atoms with Crippen LogP contribution in [0, 0.1) is 5.92 Å². The van der Waals surface area contributed by atoms with Gasteiger partial charge in [0.15, 0.2) is 0 Å². The summed E-state index contributed by atoms with van der Waals surface area (Å²) in [6.45, 7) is 0.433. The normalized spacial score (nSPS) is 20.7. The van der Waals surface area contributed by atoms with E-state index in [9.17, 15) is 14.7 Å². The minimum absolute atomic E-state index is 0.0379. The molecule has 2 aromatic rings. The lowest BCUT2D eigenvalue weighted by Crippen LogP contribution is -2.30. The van der Waals surface area contributed by atoms with Crippen molar-refractivity contribution in [2.24, 2.45) is 5.92 Å². The number of aliphatic carboxylic acids is 1. The fraction of sp³-hybridized carbons (Fsp3) is 0.294. The van der Waals surface area contributed by atoms with Crippen molar-refractivity contribution in [1.29, 1.82) is 0 Å². The van der Waals surface area contributed by atoms with E-state index in [-0.39, 0.29) is 12.3 Å². The summed E-state index contributed by atoms with van der Waals surface area (Å²) in [7, 11) is 1.58. The Balaban J connectivity index is 1.94. The van der Waals surface area contributed by atoms with E-state index in [4.69, 9.17) is 4.74 Å². The number of likely N-dealkylation sites (tertiary alicyclic amines) is 1. The number of carboxylic acid groups (broad SMARTS) is 1. The highest BCUT2D eigenvalue weighted by atomic mass is 32.1. The van der Waals surface area contributed by atoms with E-state index >= 15 is 0 Å². The first-order chi connectivity index (χ1) is 11.1. The number of thiophene rings is 1. The molecule has 2 atom stereocenters. The smallest absolute Gasteiger partial charge is 0.309 e. The number of ether oxygens (including phenoxy) is 1. The average molecular weight is 331 g/mol. The van der Waals surface area contributed by atoms with Gasteiger partial charge in [-0.15, -0.1) is 0 Å². The van der Waals surface area contributed by atoms with E-state index in [2.05, 4.69) is 0 Å². The number of carbonyl (C=O) groups is 2. The van der Waals surface area contributed by atoms with Crippen molar-refractivity contribution in [3.8, 4) is 5.75 Å². The van der Waals surface area contributed by atoms with Gasteiger partial charge < -0.3 is 14.7 Å². The first kappa shape index (κ1) is 15.6. The molecule has 0 saturated carbocycles. The van der Waals surface area contributed by atoms with Crippen molar-refractivity contribution in [2.45, 2.75) is 19.0 Å². The Bertz CT molecular complexity index is 696. The zero-order valence-corrected chi connectivity index (χ0v) is 13.5. The molecular formula is C17H17NO4S. The first-order valence-corrected chi connectivity index (χ1v) is 8.21. The first-order valence-electron chi connectivity index (χ1n) is 7.27. The molecule has 1 saturated heterocycles. The van der Waals surface area contributed by atoms with Crippen LogP contribution in [0.5, 0.6) is 5.75 Å². The van der Waals surface area contributed by atoms with Gasteiger partial charge >= 0.3 is 5.97 Å². The van der Waals surface area contributed by atoms with Crippen LogP contribution in [0.25, 0.3) is 0 Å². The van der Waals surface area contributed by atoms with Gasteiger partial charge in [0, 0.05) is 13.0 Å². The van der Waals surface area contributed by atoms with Gasteiger partial charge in [0.1, 0.15) is 5.75 Å². The molecule has 1 aliphatic heterocycles. The van der Waals surface area contributed by atoms with Gasteiger partial charge in [0.25, 0.3) is 0 Å². The number of carboxylic acids is 1. The quantitative estimate of drug-likeness (QED) is 0.915. The van der Waals surface area contributed by atoms with Gasteiger partial charge in [0.2, 0.25) is 5.91 Å². The summed E-state index contributed by atoms with van der Waals surface area (Å²) in [5.74, 6) is -1.08. The minimum Gasteiger partial charge on any atom is -0.497 e. The van der Waals surface area contributed by atoms with Gasteiger partial charge in [-0.1, -0.05) is 12.1 Å². The van der Waals surface area contributed by atoms with Gasteiger partial charge in [-0.05, 0) is 40.1 Å². The second kappa shape index (κ2) is 6.42. The molecule has 1 amide bonds. The van der Waals surface area contributed by atoms with Crippen molar-refractivity contribution in [3.05, 3.63) is 52.2 Å². The van der Waals surface area contributed by atoms with Crippen molar-refractivity contribution < 1.29 is 19.4 Å². The number of amides is 1. The lowest BCUT2D eigenvalue weighted by Gasteiger charge is -2.27. The van der Waals surface area contributed by atoms with Crippen LogP contribution in [-0.4, -0.2) is 29.0 Å². The van der Waals surface area contributed by atoms with Crippen LogP contribution < -0.4 is 4.74 Å². The molecular weight excluding hydrogens is 314 g/mol. The Morgan fingerprint density at radius 3 is 2.65 bits per heavy atom. The Hall–Kier alpha value is -2.34. The standard InChI is InChI=1S/C17H17NO4S/c1-22-13-4-2-12(3-5-13)16-14(17(20)21)8-15(19)18(16)9-11-6-7-23-10-11/h2-7,10,14,16H,8-9H2,1H3,(H,20,21)/t14-,16+/m0/s1. The zero-order valence-electron chi connectivity index (χ0n) is 12.6. The predicted molar refractivity (Wildman–Crippen MR) is 86.3 cm³/mol. The van der Waals surface area contributed by atoms with E-state index in [0.717, 1.165) is 11.1 Å². The number of methoxy groups -OCH3 is 1. The lowest BCUT2D eigenvalue weighted by atomic mass is 9.93. The fourth-order valence-electron chi connectivity index (χ4n) is 2.99. The molecule has 1 N–H and O–H groups in total. The molecule has 0 unspecified atom stereocenters. The summed E-state index contributed by atoms with van der Waals surface area (Å²) in [5.41, 5.74) is 1.84. The number of hydrogen-bond donors (Lipinski definition) is 1. The van der Waals surface area contributed by atoms with E-state index in [1.54, 1.807) is 35.5 Å². The van der Waals surface area contributed by atoms with Crippen molar-refractivity contribution in [3.63, 3.8) is 0 Å². The third kappa shape index (κ3) is 3.07. The summed E-state index contributed by atoms with van der Waals surface area (Å²) in [5, 5.41) is 13.4. The predicted octanol–water partition coefficient (Wildman–Crippen LogP) is 2.93. The van der Waals surface area contributed by atoms with Crippen LogP contribution >= 0.6 is 11.3 Å². The molecule has 3 rings (SSSR count). The summed E-state index contributed by atoms with van der Waals surface area (Å²) in [4.78, 5) is 25.6. The Morgan fingerprint density at radius 1 is 1.35 bits per heavy atom. The maximum absolute atomic E-state index is 12.4. The fourth-order valence-corrected chi connectivity index (χ4v) is 3.65. The molecule has 1 fully saturated rings. The van der Waals surface area contributed by atoms with Crippen molar-refractivity contribution >= 4 is 23.2 Å². The van der Waals surface area contributed by atoms with Crippen LogP contribution in [-0.2, 0) is 16.1 Å². The Morgan fingerprint density at radius 2 is 2.09 bits per heavy atom. The third-order valence-corrected chi connectivity index (χ3v) is 4.87. The molecule has 5 nitrogen and oxygen atoms in total. The maximum Gasteiger partial charge on any atom is 0.309 e. The number of benzene rings is 1. The van der Waals surface area contributed by atoms with Crippen molar-refractivity contribution in [2.75, 3.05) is 7.11 Å². The number of nitrogens with zero attached hydrogens (tertiary/aromatic N) is 1. The second-order valence-electron chi connectivity index (χ2n) is 5.52. The maximum atomic E-state index is 12.4. The van der Waals surface area contributed by atoms with Gasteiger partial charge in [-0.3, -0.25) is 9.59 Å². The molecule has 1 aliphatic rings. The van der Waals surface area contributed by atoms with E-state index < -0.39 is 17.9 Å². The molecule has 0 bridgehead atoms. The largest absolute Gasteiger partial charge is 0.497 e. The number of carbonyl (C=O) groups excluding carboxylic acids is 1. The molecule has 2 heterocycles. The summed E-state index contributed by atoms with van der Waals surface area (Å²) < 4.78 is 5.14. The summed E-state index contributed by atoms with van der Waals surface area (Å²) in [6, 6.07) is 8.75. The van der Waals surface area contributed by atoms with E-state index in [1.807, 2.05) is 29.0 Å². The monoisotopic (exact) mass is 331 g/mol. The summed E-state index contributed by atoms with van der Waals surface area (Å²) in [6.07, 6.45) is 0.0379. The van der Waals surface area contributed by atoms with E-state index in [0.29, 0.717) is 12.3 Å². The summed E-state index contributed by atoms with van der Waals surface area (Å²) >= 11 is 1.56. The highest BCUT2D eigenvalue weighted by Gasteiger charge is 2.44. The topological polar surface area (TPSA) is 66.8 Å². The number of rotatable bonds is 5. The van der Waals surface area contributed by atoms with Crippen LogP contribution in [0.4, 0.5) is 0 Å². The zero-order chi connectivity index (χ0) is 16.4. The molecule has 120 valence electrons. The Labute approximate surface area is 138 Å². The highest BCUT2D eigenvalue weighted by Crippen LogP contribution is 2.39. The molecule has 0 spiro atoms. The average Bonchev–Trinajstić information content (AvgIpc) is 3.17. The van der Waals surface area contributed by atoms with Crippen LogP contribution in [0.1, 0.15) is 23.6 Å². The minimum atomic E-state index is -0.938. The van der Waals surface area contributed by atoms with E-state index in [1.165, 1.54) is 0 Å². The SMILES string of the molecule is COc1ccc([C@@H]2[C@@H](C(=O)O)CC(=O)N2Cc2ccsc2)cc1. The van der Waals surface area contributed by atoms with Crippen molar-refractivity contribution in [1.82, 2.24) is 4.90 Å². The van der Waals surface area contributed by atoms with Gasteiger partial charge in [-0.25, -0.2) is 0 Å². The molecule has 6 heteroatoms. The highest BCUT2D eigenvalue weighted by molar-refractivity contribution is 7.07. The molecule has 23 heavy (non-hydrogen) atoms. The van der Waals surface area contributed by atoms with Crippen LogP contribution in [0.3, 0.4) is 0 Å². The second-order valence-corrected chi connectivity index (χ2v) is 6.30. The van der Waals surface area contributed by atoms with Gasteiger partial charge in [-0.2, -0.15) is 11.3 Å².